The Morgan fingerprint density at radius 1 is 1.17 bits per heavy atom. The van der Waals surface area contributed by atoms with Crippen molar-refractivity contribution in [2.45, 2.75) is 13.0 Å². The molecule has 0 radical (unpaired) electrons. The van der Waals surface area contributed by atoms with Crippen LogP contribution in [0.5, 0.6) is 11.5 Å². The molecule has 0 bridgehead atoms. The molecule has 1 aromatic carbocycles. The van der Waals surface area contributed by atoms with Gasteiger partial charge in [-0.3, -0.25) is 9.69 Å². The summed E-state index contributed by atoms with van der Waals surface area (Å²) in [6, 6.07) is 7.80. The smallest absolute Gasteiger partial charge is 0.317 e. The van der Waals surface area contributed by atoms with Crippen molar-refractivity contribution >= 4 is 17.3 Å². The molecular weight excluding hydrogens is 314 g/mol. The Bertz CT molecular complexity index is 628. The Hall–Kier alpha value is -2.05. The summed E-state index contributed by atoms with van der Waals surface area (Å²) in [7, 11) is 3.21. The van der Waals surface area contributed by atoms with E-state index in [4.69, 9.17) is 14.6 Å². The van der Waals surface area contributed by atoms with Crippen molar-refractivity contribution in [3.63, 3.8) is 0 Å². The number of carbonyl (C=O) groups is 1. The zero-order valence-electron chi connectivity index (χ0n) is 13.3. The number of aliphatic carboxylic acids is 1. The van der Waals surface area contributed by atoms with E-state index in [2.05, 4.69) is 0 Å². The Balaban J connectivity index is 2.01. The van der Waals surface area contributed by atoms with Crippen LogP contribution in [0.15, 0.2) is 35.0 Å². The molecule has 0 spiro atoms. The van der Waals surface area contributed by atoms with E-state index in [0.29, 0.717) is 24.6 Å². The SMILES string of the molecule is COc1ccc(CCN(CC(=O)O)Cc2ccsc2)cc1OC. The van der Waals surface area contributed by atoms with Crippen LogP contribution in [0.4, 0.5) is 0 Å². The minimum Gasteiger partial charge on any atom is -0.493 e. The molecule has 23 heavy (non-hydrogen) atoms. The van der Waals surface area contributed by atoms with Crippen molar-refractivity contribution < 1.29 is 19.4 Å². The zero-order chi connectivity index (χ0) is 16.7. The van der Waals surface area contributed by atoms with E-state index in [9.17, 15) is 4.79 Å². The fraction of sp³-hybridized carbons (Fsp3) is 0.353. The van der Waals surface area contributed by atoms with Gasteiger partial charge in [-0.25, -0.2) is 0 Å². The molecule has 1 N–H and O–H groups in total. The Morgan fingerprint density at radius 2 is 1.96 bits per heavy atom. The maximum atomic E-state index is 11.1. The molecule has 0 aliphatic heterocycles. The molecule has 1 aromatic heterocycles. The van der Waals surface area contributed by atoms with Crippen LogP contribution >= 0.6 is 11.3 Å². The van der Waals surface area contributed by atoms with Gasteiger partial charge in [-0.1, -0.05) is 6.07 Å². The molecule has 2 rings (SSSR count). The van der Waals surface area contributed by atoms with Crippen LogP contribution in [0.2, 0.25) is 0 Å². The fourth-order valence-corrected chi connectivity index (χ4v) is 3.03. The molecule has 0 atom stereocenters. The van der Waals surface area contributed by atoms with Gasteiger partial charge in [0, 0.05) is 13.1 Å². The monoisotopic (exact) mass is 335 g/mol. The predicted octanol–water partition coefficient (Wildman–Crippen LogP) is 2.89. The molecule has 0 aliphatic carbocycles. The molecule has 0 saturated heterocycles. The zero-order valence-corrected chi connectivity index (χ0v) is 14.1. The number of ether oxygens (including phenoxy) is 2. The van der Waals surface area contributed by atoms with E-state index in [-0.39, 0.29) is 6.54 Å². The number of benzene rings is 1. The lowest BCUT2D eigenvalue weighted by Gasteiger charge is -2.20. The van der Waals surface area contributed by atoms with Gasteiger partial charge in [0.1, 0.15) is 0 Å². The van der Waals surface area contributed by atoms with Crippen LogP contribution in [0, 0.1) is 0 Å². The molecule has 5 nitrogen and oxygen atoms in total. The average molecular weight is 335 g/mol. The van der Waals surface area contributed by atoms with Crippen LogP contribution in [0.3, 0.4) is 0 Å². The van der Waals surface area contributed by atoms with E-state index in [1.807, 2.05) is 39.9 Å². The Labute approximate surface area is 140 Å². The minimum absolute atomic E-state index is 0.0309. The normalized spacial score (nSPS) is 10.7. The summed E-state index contributed by atoms with van der Waals surface area (Å²) in [5.41, 5.74) is 2.23. The number of methoxy groups -OCH3 is 2. The number of hydrogen-bond acceptors (Lipinski definition) is 5. The number of hydrogen-bond donors (Lipinski definition) is 1. The van der Waals surface area contributed by atoms with E-state index in [0.717, 1.165) is 17.5 Å². The quantitative estimate of drug-likeness (QED) is 0.763. The first-order valence-corrected chi connectivity index (χ1v) is 8.22. The van der Waals surface area contributed by atoms with E-state index >= 15 is 0 Å². The standard InChI is InChI=1S/C17H21NO4S/c1-21-15-4-3-13(9-16(15)22-2)5-7-18(11-17(19)20)10-14-6-8-23-12-14/h3-4,6,8-9,12H,5,7,10-11H2,1-2H3,(H,19,20). The van der Waals surface area contributed by atoms with Crippen molar-refractivity contribution in [2.24, 2.45) is 0 Å². The van der Waals surface area contributed by atoms with Crippen molar-refractivity contribution in [1.29, 1.82) is 0 Å². The van der Waals surface area contributed by atoms with Crippen LogP contribution in [0.25, 0.3) is 0 Å². The van der Waals surface area contributed by atoms with Gasteiger partial charge < -0.3 is 14.6 Å². The molecule has 6 heteroatoms. The number of nitrogens with zero attached hydrogens (tertiary/aromatic N) is 1. The second-order valence-electron chi connectivity index (χ2n) is 5.18. The van der Waals surface area contributed by atoms with Crippen LogP contribution in [-0.4, -0.2) is 43.3 Å². The maximum absolute atomic E-state index is 11.1. The van der Waals surface area contributed by atoms with Crippen molar-refractivity contribution in [2.75, 3.05) is 27.3 Å². The van der Waals surface area contributed by atoms with Gasteiger partial charge in [0.15, 0.2) is 11.5 Å². The summed E-state index contributed by atoms with van der Waals surface area (Å²) in [4.78, 5) is 13.0. The first kappa shape index (κ1) is 17.3. The highest BCUT2D eigenvalue weighted by Crippen LogP contribution is 2.27. The van der Waals surface area contributed by atoms with Crippen molar-refractivity contribution in [3.05, 3.63) is 46.2 Å². The Kier molecular flexibility index (Phi) is 6.43. The van der Waals surface area contributed by atoms with Gasteiger partial charge in [-0.15, -0.1) is 0 Å². The lowest BCUT2D eigenvalue weighted by Crippen LogP contribution is -2.31. The molecule has 1 heterocycles. The van der Waals surface area contributed by atoms with Gasteiger partial charge in [0.25, 0.3) is 0 Å². The third-order valence-electron chi connectivity index (χ3n) is 3.51. The van der Waals surface area contributed by atoms with Crippen LogP contribution in [-0.2, 0) is 17.8 Å². The average Bonchev–Trinajstić information content (AvgIpc) is 3.04. The molecule has 0 unspecified atom stereocenters. The van der Waals surface area contributed by atoms with Gasteiger partial charge in [-0.2, -0.15) is 11.3 Å². The van der Waals surface area contributed by atoms with Gasteiger partial charge in [0.2, 0.25) is 0 Å². The number of rotatable bonds is 9. The van der Waals surface area contributed by atoms with E-state index < -0.39 is 5.97 Å². The Morgan fingerprint density at radius 3 is 2.57 bits per heavy atom. The third kappa shape index (κ3) is 5.26. The van der Waals surface area contributed by atoms with Gasteiger partial charge in [0.05, 0.1) is 20.8 Å². The van der Waals surface area contributed by atoms with E-state index in [1.165, 1.54) is 0 Å². The van der Waals surface area contributed by atoms with Crippen LogP contribution < -0.4 is 9.47 Å². The van der Waals surface area contributed by atoms with Crippen molar-refractivity contribution in [3.8, 4) is 11.5 Å². The first-order chi connectivity index (χ1) is 11.1. The summed E-state index contributed by atoms with van der Waals surface area (Å²) in [6.07, 6.45) is 0.748. The molecular formula is C17H21NO4S. The molecule has 0 fully saturated rings. The fourth-order valence-electron chi connectivity index (χ4n) is 2.37. The number of carboxylic acid groups (broad SMARTS) is 1. The van der Waals surface area contributed by atoms with Gasteiger partial charge in [-0.05, 0) is 46.5 Å². The topological polar surface area (TPSA) is 59.0 Å². The number of thiophene rings is 1. The second-order valence-corrected chi connectivity index (χ2v) is 5.96. The summed E-state index contributed by atoms with van der Waals surface area (Å²) < 4.78 is 10.5. The largest absolute Gasteiger partial charge is 0.493 e. The highest BCUT2D eigenvalue weighted by Gasteiger charge is 2.12. The van der Waals surface area contributed by atoms with Crippen molar-refractivity contribution in [1.82, 2.24) is 4.90 Å². The highest BCUT2D eigenvalue weighted by molar-refractivity contribution is 7.07. The highest BCUT2D eigenvalue weighted by atomic mass is 32.1. The lowest BCUT2D eigenvalue weighted by atomic mass is 10.1. The molecule has 2 aromatic rings. The summed E-state index contributed by atoms with van der Waals surface area (Å²) in [5, 5.41) is 13.1. The molecule has 0 aliphatic rings. The lowest BCUT2D eigenvalue weighted by molar-refractivity contribution is -0.138. The first-order valence-electron chi connectivity index (χ1n) is 7.28. The van der Waals surface area contributed by atoms with Crippen LogP contribution in [0.1, 0.15) is 11.1 Å². The minimum atomic E-state index is -0.812. The molecule has 0 amide bonds. The second kappa shape index (κ2) is 8.55. The maximum Gasteiger partial charge on any atom is 0.317 e. The van der Waals surface area contributed by atoms with Gasteiger partial charge >= 0.3 is 5.97 Å². The summed E-state index contributed by atoms with van der Waals surface area (Å²) in [5.74, 6) is 0.567. The molecule has 124 valence electrons. The summed E-state index contributed by atoms with van der Waals surface area (Å²) in [6.45, 7) is 1.34. The number of carboxylic acids is 1. The van der Waals surface area contributed by atoms with E-state index in [1.54, 1.807) is 25.6 Å². The predicted molar refractivity (Wildman–Crippen MR) is 90.5 cm³/mol. The summed E-state index contributed by atoms with van der Waals surface area (Å²) >= 11 is 1.62. The third-order valence-corrected chi connectivity index (χ3v) is 4.24. The molecule has 0 saturated carbocycles.